The normalized spacial score (nSPS) is 18.6. The molecule has 1 saturated heterocycles. The van der Waals surface area contributed by atoms with E-state index in [1.807, 2.05) is 16.5 Å². The second kappa shape index (κ2) is 9.28. The number of imidazole rings is 1. The molecule has 1 aliphatic heterocycles. The summed E-state index contributed by atoms with van der Waals surface area (Å²) in [6, 6.07) is 8.22. The van der Waals surface area contributed by atoms with E-state index in [2.05, 4.69) is 20.6 Å². The molecular weight excluding hydrogens is 439 g/mol. The molecule has 0 unspecified atom stereocenters. The summed E-state index contributed by atoms with van der Waals surface area (Å²) in [7, 11) is 1.58. The van der Waals surface area contributed by atoms with Gasteiger partial charge in [0.1, 0.15) is 23.2 Å². The summed E-state index contributed by atoms with van der Waals surface area (Å²) in [5, 5.41) is 5.74. The van der Waals surface area contributed by atoms with Gasteiger partial charge in [0.15, 0.2) is 0 Å². The molecule has 34 heavy (non-hydrogen) atoms. The van der Waals surface area contributed by atoms with E-state index >= 15 is 0 Å². The van der Waals surface area contributed by atoms with E-state index in [1.165, 1.54) is 4.90 Å². The number of rotatable bonds is 4. The Morgan fingerprint density at radius 1 is 1.24 bits per heavy atom. The van der Waals surface area contributed by atoms with E-state index in [1.54, 1.807) is 58.4 Å². The van der Waals surface area contributed by atoms with Gasteiger partial charge >= 0.3 is 6.09 Å². The lowest BCUT2D eigenvalue weighted by Gasteiger charge is -2.36. The molecule has 4 heterocycles. The molecule has 180 valence electrons. The van der Waals surface area contributed by atoms with Crippen LogP contribution in [0.1, 0.15) is 37.6 Å². The van der Waals surface area contributed by atoms with Gasteiger partial charge in [-0.25, -0.2) is 19.2 Å². The summed E-state index contributed by atoms with van der Waals surface area (Å²) in [6.07, 6.45) is 2.09. The van der Waals surface area contributed by atoms with Crippen LogP contribution in [-0.4, -0.2) is 69.2 Å². The van der Waals surface area contributed by atoms with E-state index in [0.717, 1.165) is 5.69 Å². The third-order valence-corrected chi connectivity index (χ3v) is 5.53. The van der Waals surface area contributed by atoms with Crippen LogP contribution in [-0.2, 0) is 4.74 Å². The number of amides is 2. The number of likely N-dealkylation sites (tertiary alicyclic amines) is 1. The SMILES string of the molecule is CNC(=O)c1ccn2c(-c3cccc(N[C@H]4CN(C(=O)OC(C)(C)C)CC[C@@H]4F)n3)cnc2c1. The van der Waals surface area contributed by atoms with Gasteiger partial charge in [0, 0.05) is 31.9 Å². The first-order chi connectivity index (χ1) is 16.1. The number of fused-ring (bicyclic) bond motifs is 1. The minimum Gasteiger partial charge on any atom is -0.444 e. The van der Waals surface area contributed by atoms with Crippen molar-refractivity contribution in [3.63, 3.8) is 0 Å². The fourth-order valence-electron chi connectivity index (χ4n) is 3.86. The lowest BCUT2D eigenvalue weighted by molar-refractivity contribution is 0.0150. The number of alkyl halides is 1. The van der Waals surface area contributed by atoms with Gasteiger partial charge < -0.3 is 20.3 Å². The standard InChI is InChI=1S/C24H29FN6O3/c1-24(2,3)34-23(33)30-10-9-16(25)18(14-30)29-20-7-5-6-17(28-20)19-13-27-21-12-15(22(32)26-4)8-11-31(19)21/h5-8,11-13,16,18H,9-10,14H2,1-4H3,(H,26,32)(H,28,29)/t16-,18-/m0/s1. The first-order valence-corrected chi connectivity index (χ1v) is 11.2. The highest BCUT2D eigenvalue weighted by molar-refractivity contribution is 5.94. The predicted molar refractivity (Wildman–Crippen MR) is 127 cm³/mol. The van der Waals surface area contributed by atoms with Crippen molar-refractivity contribution in [1.82, 2.24) is 24.6 Å². The molecule has 4 rings (SSSR count). The number of carbonyl (C=O) groups is 2. The van der Waals surface area contributed by atoms with Gasteiger partial charge in [-0.15, -0.1) is 0 Å². The van der Waals surface area contributed by atoms with Crippen molar-refractivity contribution in [1.29, 1.82) is 0 Å². The van der Waals surface area contributed by atoms with Crippen molar-refractivity contribution in [3.05, 3.63) is 48.3 Å². The molecule has 2 amide bonds. The molecule has 0 spiro atoms. The number of nitrogens with one attached hydrogen (secondary N) is 2. The number of hydrogen-bond acceptors (Lipinski definition) is 6. The molecule has 0 bridgehead atoms. The van der Waals surface area contributed by atoms with E-state index in [4.69, 9.17) is 4.74 Å². The molecule has 0 aliphatic carbocycles. The average molecular weight is 469 g/mol. The van der Waals surface area contributed by atoms with Crippen molar-refractivity contribution in [3.8, 4) is 11.4 Å². The van der Waals surface area contributed by atoms with Crippen LogP contribution < -0.4 is 10.6 Å². The molecule has 3 aromatic rings. The molecule has 0 aromatic carbocycles. The van der Waals surface area contributed by atoms with E-state index in [9.17, 15) is 14.0 Å². The number of pyridine rings is 2. The maximum atomic E-state index is 14.7. The highest BCUT2D eigenvalue weighted by Gasteiger charge is 2.33. The summed E-state index contributed by atoms with van der Waals surface area (Å²) >= 11 is 0. The zero-order valence-corrected chi connectivity index (χ0v) is 19.7. The number of nitrogens with zero attached hydrogens (tertiary/aromatic N) is 4. The smallest absolute Gasteiger partial charge is 0.410 e. The highest BCUT2D eigenvalue weighted by atomic mass is 19.1. The van der Waals surface area contributed by atoms with Gasteiger partial charge in [-0.3, -0.25) is 9.20 Å². The van der Waals surface area contributed by atoms with Crippen molar-refractivity contribution in [2.45, 2.75) is 45.0 Å². The average Bonchev–Trinajstić information content (AvgIpc) is 3.22. The van der Waals surface area contributed by atoms with Crippen molar-refractivity contribution < 1.29 is 18.7 Å². The Balaban J connectivity index is 1.52. The van der Waals surface area contributed by atoms with Gasteiger partial charge in [0.05, 0.1) is 23.6 Å². The topological polar surface area (TPSA) is 101 Å². The zero-order valence-electron chi connectivity index (χ0n) is 19.7. The monoisotopic (exact) mass is 468 g/mol. The van der Waals surface area contributed by atoms with Crippen LogP contribution in [0, 0.1) is 0 Å². The van der Waals surface area contributed by atoms with Crippen LogP contribution in [0.3, 0.4) is 0 Å². The molecular formula is C24H29FN6O3. The fourth-order valence-corrected chi connectivity index (χ4v) is 3.86. The molecule has 2 N–H and O–H groups in total. The second-order valence-electron chi connectivity index (χ2n) is 9.26. The Morgan fingerprint density at radius 3 is 2.76 bits per heavy atom. The number of halogens is 1. The van der Waals surface area contributed by atoms with Crippen LogP contribution in [0.25, 0.3) is 17.0 Å². The van der Waals surface area contributed by atoms with Crippen LogP contribution in [0.4, 0.5) is 15.0 Å². The quantitative estimate of drug-likeness (QED) is 0.608. The van der Waals surface area contributed by atoms with Crippen molar-refractivity contribution >= 4 is 23.5 Å². The van der Waals surface area contributed by atoms with Crippen LogP contribution in [0.5, 0.6) is 0 Å². The molecule has 1 aliphatic rings. The summed E-state index contributed by atoms with van der Waals surface area (Å²) in [5.41, 5.74) is 1.88. The van der Waals surface area contributed by atoms with Gasteiger partial charge in [-0.05, 0) is 51.5 Å². The lowest BCUT2D eigenvalue weighted by Crippen LogP contribution is -2.52. The van der Waals surface area contributed by atoms with Gasteiger partial charge in [0.2, 0.25) is 0 Å². The molecule has 0 radical (unpaired) electrons. The second-order valence-corrected chi connectivity index (χ2v) is 9.26. The number of carbonyl (C=O) groups excluding carboxylic acids is 2. The summed E-state index contributed by atoms with van der Waals surface area (Å²) in [5.74, 6) is 0.304. The molecule has 10 heteroatoms. The Kier molecular flexibility index (Phi) is 6.41. The summed E-state index contributed by atoms with van der Waals surface area (Å²) in [6.45, 7) is 5.90. The number of piperidine rings is 1. The fraction of sp³-hybridized carbons (Fsp3) is 0.417. The summed E-state index contributed by atoms with van der Waals surface area (Å²) < 4.78 is 22.0. The zero-order chi connectivity index (χ0) is 24.5. The highest BCUT2D eigenvalue weighted by Crippen LogP contribution is 2.24. The third-order valence-electron chi connectivity index (χ3n) is 5.53. The first kappa shape index (κ1) is 23.5. The lowest BCUT2D eigenvalue weighted by atomic mass is 10.0. The van der Waals surface area contributed by atoms with Gasteiger partial charge in [0.25, 0.3) is 5.91 Å². The van der Waals surface area contributed by atoms with E-state index in [0.29, 0.717) is 29.3 Å². The number of aromatic nitrogens is 3. The summed E-state index contributed by atoms with van der Waals surface area (Å²) in [4.78, 5) is 34.9. The minimum absolute atomic E-state index is 0.180. The van der Waals surface area contributed by atoms with Crippen LogP contribution in [0.15, 0.2) is 42.7 Å². The third kappa shape index (κ3) is 5.11. The van der Waals surface area contributed by atoms with Crippen molar-refractivity contribution in [2.24, 2.45) is 0 Å². The predicted octanol–water partition coefficient (Wildman–Crippen LogP) is 3.52. The first-order valence-electron chi connectivity index (χ1n) is 11.2. The van der Waals surface area contributed by atoms with E-state index < -0.39 is 23.9 Å². The van der Waals surface area contributed by atoms with Gasteiger partial charge in [-0.2, -0.15) is 0 Å². The Morgan fingerprint density at radius 2 is 2.03 bits per heavy atom. The van der Waals surface area contributed by atoms with Crippen LogP contribution >= 0.6 is 0 Å². The van der Waals surface area contributed by atoms with Crippen LogP contribution in [0.2, 0.25) is 0 Å². The largest absolute Gasteiger partial charge is 0.444 e. The maximum Gasteiger partial charge on any atom is 0.410 e. The van der Waals surface area contributed by atoms with E-state index in [-0.39, 0.29) is 18.9 Å². The number of anilines is 1. The molecule has 9 nitrogen and oxygen atoms in total. The minimum atomic E-state index is -1.12. The Hall–Kier alpha value is -3.69. The molecule has 3 aromatic heterocycles. The number of hydrogen-bond donors (Lipinski definition) is 2. The maximum absolute atomic E-state index is 14.7. The van der Waals surface area contributed by atoms with Gasteiger partial charge in [-0.1, -0.05) is 6.07 Å². The van der Waals surface area contributed by atoms with Crippen molar-refractivity contribution in [2.75, 3.05) is 25.5 Å². The Labute approximate surface area is 197 Å². The Bertz CT molecular complexity index is 1200. The molecule has 1 fully saturated rings. The number of ether oxygens (including phenoxy) is 1. The molecule has 0 saturated carbocycles. The molecule has 2 atom stereocenters.